The zero-order chi connectivity index (χ0) is 16.9. The van der Waals surface area contributed by atoms with Gasteiger partial charge in [-0.15, -0.1) is 0 Å². The van der Waals surface area contributed by atoms with E-state index in [-0.39, 0.29) is 12.0 Å². The zero-order valence-electron chi connectivity index (χ0n) is 15.5. The van der Waals surface area contributed by atoms with Crippen molar-refractivity contribution in [3.63, 3.8) is 0 Å². The second-order valence-corrected chi connectivity index (χ2v) is 8.42. The molecule has 4 nitrogen and oxygen atoms in total. The fraction of sp³-hybridized carbons (Fsp3) is 0.950. The number of carbonyl (C=O) groups excluding carboxylic acids is 1. The lowest BCUT2D eigenvalue weighted by molar-refractivity contribution is -0.131. The van der Waals surface area contributed by atoms with Crippen LogP contribution in [0.15, 0.2) is 0 Å². The van der Waals surface area contributed by atoms with E-state index >= 15 is 0 Å². The minimum atomic E-state index is -0.0853. The van der Waals surface area contributed by atoms with E-state index in [0.717, 1.165) is 51.1 Å². The van der Waals surface area contributed by atoms with Gasteiger partial charge in [0.2, 0.25) is 5.91 Å². The predicted molar refractivity (Wildman–Crippen MR) is 96.8 cm³/mol. The van der Waals surface area contributed by atoms with Gasteiger partial charge < -0.3 is 10.0 Å². The first-order chi connectivity index (χ1) is 11.6. The molecule has 3 rings (SSSR count). The van der Waals surface area contributed by atoms with E-state index in [1.54, 1.807) is 6.92 Å². The van der Waals surface area contributed by atoms with Crippen LogP contribution >= 0.6 is 0 Å². The Bertz CT molecular complexity index is 400. The minimum absolute atomic E-state index is 0.0853. The maximum Gasteiger partial charge on any atom is 0.219 e. The van der Waals surface area contributed by atoms with Gasteiger partial charge in [-0.2, -0.15) is 0 Å². The van der Waals surface area contributed by atoms with Crippen molar-refractivity contribution in [1.29, 1.82) is 0 Å². The number of hydrogen-bond donors (Lipinski definition) is 1. The predicted octanol–water partition coefficient (Wildman–Crippen LogP) is 3.18. The van der Waals surface area contributed by atoms with Crippen LogP contribution < -0.4 is 0 Å². The van der Waals surface area contributed by atoms with E-state index in [1.807, 2.05) is 0 Å². The molecular formula is C20H36N2O2. The first kappa shape index (κ1) is 18.2. The summed E-state index contributed by atoms with van der Waals surface area (Å²) in [4.78, 5) is 16.7. The number of aliphatic hydroxyl groups is 1. The molecule has 1 N–H and O–H groups in total. The van der Waals surface area contributed by atoms with E-state index in [1.165, 1.54) is 45.1 Å². The summed E-state index contributed by atoms with van der Waals surface area (Å²) in [6.07, 6.45) is 13.4. The fourth-order valence-electron chi connectivity index (χ4n) is 5.17. The van der Waals surface area contributed by atoms with Gasteiger partial charge in [-0.3, -0.25) is 9.69 Å². The first-order valence-corrected chi connectivity index (χ1v) is 10.3. The lowest BCUT2D eigenvalue weighted by Gasteiger charge is -2.46. The molecule has 0 aromatic heterocycles. The maximum atomic E-state index is 11.9. The monoisotopic (exact) mass is 336 g/mol. The molecule has 138 valence electrons. The Kier molecular flexibility index (Phi) is 6.56. The molecule has 2 aliphatic carbocycles. The summed E-state index contributed by atoms with van der Waals surface area (Å²) < 4.78 is 0. The number of rotatable bonds is 4. The number of nitrogens with zero attached hydrogens (tertiary/aromatic N) is 2. The molecule has 1 aliphatic heterocycles. The van der Waals surface area contributed by atoms with Crippen molar-refractivity contribution in [2.75, 3.05) is 19.6 Å². The van der Waals surface area contributed by atoms with Crippen LogP contribution in [0.25, 0.3) is 0 Å². The van der Waals surface area contributed by atoms with Gasteiger partial charge >= 0.3 is 0 Å². The fourth-order valence-corrected chi connectivity index (χ4v) is 5.17. The van der Waals surface area contributed by atoms with Crippen molar-refractivity contribution in [1.82, 2.24) is 9.80 Å². The van der Waals surface area contributed by atoms with Gasteiger partial charge in [0.05, 0.1) is 6.10 Å². The largest absolute Gasteiger partial charge is 0.393 e. The number of likely N-dealkylation sites (tertiary alicyclic amines) is 1. The molecule has 0 aromatic rings. The second-order valence-electron chi connectivity index (χ2n) is 8.42. The van der Waals surface area contributed by atoms with Crippen LogP contribution in [0.2, 0.25) is 0 Å². The Balaban J connectivity index is 1.66. The summed E-state index contributed by atoms with van der Waals surface area (Å²) in [5.74, 6) is 1.08. The van der Waals surface area contributed by atoms with Crippen LogP contribution in [0.3, 0.4) is 0 Å². The third kappa shape index (κ3) is 4.72. The third-order valence-corrected chi connectivity index (χ3v) is 6.64. The van der Waals surface area contributed by atoms with E-state index in [2.05, 4.69) is 9.80 Å². The van der Waals surface area contributed by atoms with E-state index in [0.29, 0.717) is 12.1 Å². The normalized spacial score (nSPS) is 33.0. The summed E-state index contributed by atoms with van der Waals surface area (Å²) in [6.45, 7) is 4.79. The SMILES string of the molecule is CC(=O)N1CCC[C@@H](N(CC2CCCCC2)C2CCC(O)CC2)C1. The standard InChI is InChI=1S/C20H36N2O2/c1-16(23)21-13-5-8-19(15-21)22(14-17-6-3-2-4-7-17)18-9-11-20(24)12-10-18/h17-20,24H,2-15H2,1H3/t18?,19-,20?/m1/s1. The molecule has 4 heteroatoms. The van der Waals surface area contributed by atoms with Crippen molar-refractivity contribution in [2.24, 2.45) is 5.92 Å². The van der Waals surface area contributed by atoms with Gasteiger partial charge in [0.25, 0.3) is 0 Å². The van der Waals surface area contributed by atoms with Crippen molar-refractivity contribution in [2.45, 2.75) is 95.7 Å². The zero-order valence-corrected chi connectivity index (χ0v) is 15.5. The molecule has 3 fully saturated rings. The van der Waals surface area contributed by atoms with Gasteiger partial charge in [0.1, 0.15) is 0 Å². The average molecular weight is 337 g/mol. The molecule has 0 bridgehead atoms. The van der Waals surface area contributed by atoms with Crippen LogP contribution in [0, 0.1) is 5.92 Å². The van der Waals surface area contributed by atoms with Crippen LogP contribution in [0.1, 0.15) is 77.6 Å². The maximum absolute atomic E-state index is 11.9. The molecule has 1 heterocycles. The van der Waals surface area contributed by atoms with Gasteiger partial charge in [-0.05, 0) is 57.3 Å². The van der Waals surface area contributed by atoms with Gasteiger partial charge in [0.15, 0.2) is 0 Å². The number of amides is 1. The molecule has 0 radical (unpaired) electrons. The highest BCUT2D eigenvalue weighted by atomic mass is 16.3. The van der Waals surface area contributed by atoms with Crippen molar-refractivity contribution >= 4 is 5.91 Å². The number of aliphatic hydroxyl groups excluding tert-OH is 1. The highest BCUT2D eigenvalue weighted by Crippen LogP contribution is 2.32. The van der Waals surface area contributed by atoms with Crippen LogP contribution in [-0.2, 0) is 4.79 Å². The highest BCUT2D eigenvalue weighted by Gasteiger charge is 2.34. The average Bonchev–Trinajstić information content (AvgIpc) is 2.61. The van der Waals surface area contributed by atoms with Gasteiger partial charge in [0, 0.05) is 38.6 Å². The molecule has 3 aliphatic rings. The third-order valence-electron chi connectivity index (χ3n) is 6.64. The molecule has 1 saturated heterocycles. The number of hydrogen-bond acceptors (Lipinski definition) is 3. The van der Waals surface area contributed by atoms with E-state index < -0.39 is 0 Å². The van der Waals surface area contributed by atoms with Crippen LogP contribution in [0.5, 0.6) is 0 Å². The Morgan fingerprint density at radius 2 is 1.67 bits per heavy atom. The Morgan fingerprint density at radius 1 is 0.958 bits per heavy atom. The molecule has 1 amide bonds. The molecular weight excluding hydrogens is 300 g/mol. The molecule has 0 spiro atoms. The molecule has 24 heavy (non-hydrogen) atoms. The van der Waals surface area contributed by atoms with Gasteiger partial charge in [-0.25, -0.2) is 0 Å². The van der Waals surface area contributed by atoms with Crippen LogP contribution in [-0.4, -0.2) is 58.6 Å². The van der Waals surface area contributed by atoms with Crippen molar-refractivity contribution < 1.29 is 9.90 Å². The summed E-state index contributed by atoms with van der Waals surface area (Å²) in [7, 11) is 0. The molecule has 0 unspecified atom stereocenters. The Hall–Kier alpha value is -0.610. The lowest BCUT2D eigenvalue weighted by atomic mass is 9.85. The number of carbonyl (C=O) groups is 1. The lowest BCUT2D eigenvalue weighted by Crippen LogP contribution is -2.54. The molecule has 2 saturated carbocycles. The summed E-state index contributed by atoms with van der Waals surface area (Å²) >= 11 is 0. The van der Waals surface area contributed by atoms with Gasteiger partial charge in [-0.1, -0.05) is 19.3 Å². The van der Waals surface area contributed by atoms with E-state index in [4.69, 9.17) is 0 Å². The minimum Gasteiger partial charge on any atom is -0.393 e. The second kappa shape index (κ2) is 8.66. The topological polar surface area (TPSA) is 43.8 Å². The van der Waals surface area contributed by atoms with E-state index in [9.17, 15) is 9.90 Å². The first-order valence-electron chi connectivity index (χ1n) is 10.3. The smallest absolute Gasteiger partial charge is 0.219 e. The Morgan fingerprint density at radius 3 is 2.33 bits per heavy atom. The van der Waals surface area contributed by atoms with Crippen LogP contribution in [0.4, 0.5) is 0 Å². The Labute approximate surface area is 147 Å². The number of piperidine rings is 1. The molecule has 0 aromatic carbocycles. The highest BCUT2D eigenvalue weighted by molar-refractivity contribution is 5.73. The van der Waals surface area contributed by atoms with Crippen molar-refractivity contribution in [3.8, 4) is 0 Å². The quantitative estimate of drug-likeness (QED) is 0.857. The summed E-state index contributed by atoms with van der Waals surface area (Å²) in [5.41, 5.74) is 0. The van der Waals surface area contributed by atoms with Crippen molar-refractivity contribution in [3.05, 3.63) is 0 Å². The summed E-state index contributed by atoms with van der Waals surface area (Å²) in [5, 5.41) is 9.88. The summed E-state index contributed by atoms with van der Waals surface area (Å²) in [6, 6.07) is 1.15. The molecule has 1 atom stereocenters.